The summed E-state index contributed by atoms with van der Waals surface area (Å²) in [6.45, 7) is 0.853. The minimum absolute atomic E-state index is 0.00516. The summed E-state index contributed by atoms with van der Waals surface area (Å²) in [6, 6.07) is 3.68. The number of furan rings is 1. The Morgan fingerprint density at radius 3 is 3.14 bits per heavy atom. The molecule has 0 unspecified atom stereocenters. The highest BCUT2D eigenvalue weighted by molar-refractivity contribution is 7.13. The second kappa shape index (κ2) is 6.38. The van der Waals surface area contributed by atoms with Gasteiger partial charge in [-0.25, -0.2) is 4.98 Å². The van der Waals surface area contributed by atoms with E-state index in [2.05, 4.69) is 10.3 Å². The van der Waals surface area contributed by atoms with Gasteiger partial charge in [-0.15, -0.1) is 11.3 Å². The Balaban J connectivity index is 1.52. The highest BCUT2D eigenvalue weighted by atomic mass is 32.1. The average molecular weight is 307 g/mol. The lowest BCUT2D eigenvalue weighted by Gasteiger charge is -2.11. The van der Waals surface area contributed by atoms with E-state index in [0.29, 0.717) is 13.1 Å². The van der Waals surface area contributed by atoms with Gasteiger partial charge in [0, 0.05) is 11.9 Å². The first kappa shape index (κ1) is 14.2. The highest BCUT2D eigenvalue weighted by Gasteiger charge is 2.29. The maximum Gasteiger partial charge on any atom is 0.249 e. The zero-order chi connectivity index (χ0) is 14.7. The molecule has 0 saturated carbocycles. The smallest absolute Gasteiger partial charge is 0.249 e. The van der Waals surface area contributed by atoms with Crippen LogP contribution in [0.3, 0.4) is 0 Å². The lowest BCUT2D eigenvalue weighted by molar-refractivity contribution is -0.132. The molecule has 2 aromatic rings. The van der Waals surface area contributed by atoms with E-state index in [-0.39, 0.29) is 18.1 Å². The molecular weight excluding hydrogens is 290 g/mol. The molecule has 0 bridgehead atoms. The molecule has 112 valence electrons. The molecule has 1 amide bonds. The van der Waals surface area contributed by atoms with Gasteiger partial charge >= 0.3 is 0 Å². The quantitative estimate of drug-likeness (QED) is 0.874. The Bertz CT molecular complexity index is 596. The number of thiazole rings is 1. The van der Waals surface area contributed by atoms with Crippen LogP contribution >= 0.6 is 11.3 Å². The van der Waals surface area contributed by atoms with Gasteiger partial charge in [0.25, 0.3) is 0 Å². The lowest BCUT2D eigenvalue weighted by atomic mass is 10.2. The molecule has 3 rings (SSSR count). The van der Waals surface area contributed by atoms with Gasteiger partial charge in [0.2, 0.25) is 5.91 Å². The Labute approximate surface area is 126 Å². The van der Waals surface area contributed by atoms with Crippen LogP contribution in [-0.2, 0) is 16.1 Å². The largest absolute Gasteiger partial charge is 0.462 e. The third-order valence-corrected chi connectivity index (χ3v) is 4.30. The standard InChI is InChI=1S/C14H17N3O3S/c15-6-10-3-4-11(20-10)13(18)16-7-9-8-21-14(17-9)12-2-1-5-19-12/h1-2,5,8,10-11H,3-4,6-7,15H2,(H,16,18)/t10-,11+/m1/s1. The van der Waals surface area contributed by atoms with E-state index in [0.717, 1.165) is 29.3 Å². The van der Waals surface area contributed by atoms with Gasteiger partial charge in [0.15, 0.2) is 10.8 Å². The molecule has 2 atom stereocenters. The molecule has 1 aliphatic heterocycles. The number of nitrogens with zero attached hydrogens (tertiary/aromatic N) is 1. The molecule has 0 radical (unpaired) electrons. The second-order valence-electron chi connectivity index (χ2n) is 4.90. The van der Waals surface area contributed by atoms with E-state index in [1.54, 1.807) is 6.26 Å². The molecule has 7 heteroatoms. The van der Waals surface area contributed by atoms with Gasteiger partial charge < -0.3 is 20.2 Å². The Kier molecular flexibility index (Phi) is 4.33. The fourth-order valence-electron chi connectivity index (χ4n) is 2.27. The number of nitrogens with one attached hydrogen (secondary N) is 1. The Morgan fingerprint density at radius 1 is 1.52 bits per heavy atom. The van der Waals surface area contributed by atoms with Crippen LogP contribution in [0, 0.1) is 0 Å². The SMILES string of the molecule is NC[C@H]1CC[C@@H](C(=O)NCc2csc(-c3ccco3)n2)O1. The summed E-state index contributed by atoms with van der Waals surface area (Å²) in [7, 11) is 0. The Hall–Kier alpha value is -1.70. The maximum atomic E-state index is 12.0. The fraction of sp³-hybridized carbons (Fsp3) is 0.429. The van der Waals surface area contributed by atoms with Gasteiger partial charge in [-0.05, 0) is 25.0 Å². The summed E-state index contributed by atoms with van der Waals surface area (Å²) in [5, 5.41) is 5.58. The monoisotopic (exact) mass is 307 g/mol. The van der Waals surface area contributed by atoms with Crippen molar-refractivity contribution in [3.63, 3.8) is 0 Å². The predicted octanol–water partition coefficient (Wildman–Crippen LogP) is 1.53. The van der Waals surface area contributed by atoms with E-state index >= 15 is 0 Å². The zero-order valence-electron chi connectivity index (χ0n) is 11.5. The van der Waals surface area contributed by atoms with Crippen molar-refractivity contribution in [2.45, 2.75) is 31.6 Å². The van der Waals surface area contributed by atoms with Crippen LogP contribution in [0.1, 0.15) is 18.5 Å². The van der Waals surface area contributed by atoms with Gasteiger partial charge in [-0.3, -0.25) is 4.79 Å². The molecule has 0 spiro atoms. The number of ether oxygens (including phenoxy) is 1. The first-order chi connectivity index (χ1) is 10.3. The fourth-order valence-corrected chi connectivity index (χ4v) is 3.05. The van der Waals surface area contributed by atoms with Crippen molar-refractivity contribution in [1.82, 2.24) is 10.3 Å². The van der Waals surface area contributed by atoms with Crippen LogP contribution in [0.2, 0.25) is 0 Å². The molecule has 3 heterocycles. The lowest BCUT2D eigenvalue weighted by Crippen LogP contribution is -2.35. The number of hydrogen-bond donors (Lipinski definition) is 2. The molecule has 0 aliphatic carbocycles. The summed E-state index contributed by atoms with van der Waals surface area (Å²) in [5.41, 5.74) is 6.35. The van der Waals surface area contributed by atoms with Gasteiger partial charge in [0.1, 0.15) is 6.10 Å². The summed E-state index contributed by atoms with van der Waals surface area (Å²) in [6.07, 6.45) is 2.80. The zero-order valence-corrected chi connectivity index (χ0v) is 12.3. The van der Waals surface area contributed by atoms with E-state index in [9.17, 15) is 4.79 Å². The molecule has 1 aliphatic rings. The summed E-state index contributed by atoms with van der Waals surface area (Å²) in [4.78, 5) is 16.4. The minimum Gasteiger partial charge on any atom is -0.462 e. The van der Waals surface area contributed by atoms with Crippen molar-refractivity contribution in [2.75, 3.05) is 6.54 Å². The summed E-state index contributed by atoms with van der Waals surface area (Å²) in [5.74, 6) is 0.640. The van der Waals surface area contributed by atoms with E-state index in [1.165, 1.54) is 11.3 Å². The first-order valence-corrected chi connectivity index (χ1v) is 7.75. The number of rotatable bonds is 5. The van der Waals surface area contributed by atoms with Crippen molar-refractivity contribution < 1.29 is 13.9 Å². The van der Waals surface area contributed by atoms with Crippen LogP contribution < -0.4 is 11.1 Å². The first-order valence-electron chi connectivity index (χ1n) is 6.88. The third kappa shape index (κ3) is 3.31. The molecule has 2 aromatic heterocycles. The van der Waals surface area contributed by atoms with Crippen LogP contribution in [0.25, 0.3) is 10.8 Å². The van der Waals surface area contributed by atoms with Crippen molar-refractivity contribution in [3.05, 3.63) is 29.5 Å². The average Bonchev–Trinajstić information content (AvgIpc) is 3.24. The van der Waals surface area contributed by atoms with E-state index < -0.39 is 0 Å². The van der Waals surface area contributed by atoms with E-state index in [4.69, 9.17) is 14.9 Å². The van der Waals surface area contributed by atoms with Gasteiger partial charge in [0.05, 0.1) is 24.6 Å². The number of amides is 1. The molecule has 6 nitrogen and oxygen atoms in total. The van der Waals surface area contributed by atoms with Crippen molar-refractivity contribution >= 4 is 17.2 Å². The van der Waals surface area contributed by atoms with Crippen LogP contribution in [0.15, 0.2) is 28.2 Å². The number of carbonyl (C=O) groups excluding carboxylic acids is 1. The Morgan fingerprint density at radius 2 is 2.43 bits per heavy atom. The van der Waals surface area contributed by atoms with Crippen LogP contribution in [-0.4, -0.2) is 29.6 Å². The number of carbonyl (C=O) groups is 1. The van der Waals surface area contributed by atoms with Gasteiger partial charge in [-0.1, -0.05) is 0 Å². The van der Waals surface area contributed by atoms with Crippen LogP contribution in [0.5, 0.6) is 0 Å². The minimum atomic E-state index is -0.387. The van der Waals surface area contributed by atoms with E-state index in [1.807, 2.05) is 17.5 Å². The molecule has 1 saturated heterocycles. The van der Waals surface area contributed by atoms with Crippen molar-refractivity contribution in [2.24, 2.45) is 5.73 Å². The maximum absolute atomic E-state index is 12.0. The topological polar surface area (TPSA) is 90.4 Å². The molecule has 0 aromatic carbocycles. The second-order valence-corrected chi connectivity index (χ2v) is 5.76. The summed E-state index contributed by atoms with van der Waals surface area (Å²) < 4.78 is 10.8. The molecule has 21 heavy (non-hydrogen) atoms. The number of aromatic nitrogens is 1. The predicted molar refractivity (Wildman–Crippen MR) is 78.6 cm³/mol. The van der Waals surface area contributed by atoms with Crippen molar-refractivity contribution in [3.8, 4) is 10.8 Å². The molecular formula is C14H17N3O3S. The molecule has 1 fully saturated rings. The number of hydrogen-bond acceptors (Lipinski definition) is 6. The van der Waals surface area contributed by atoms with Gasteiger partial charge in [-0.2, -0.15) is 0 Å². The highest BCUT2D eigenvalue weighted by Crippen LogP contribution is 2.24. The normalized spacial score (nSPS) is 21.6. The summed E-state index contributed by atoms with van der Waals surface area (Å²) >= 11 is 1.49. The number of nitrogens with two attached hydrogens (primary N) is 1. The van der Waals surface area contributed by atoms with Crippen molar-refractivity contribution in [1.29, 1.82) is 0 Å². The molecule has 3 N–H and O–H groups in total. The third-order valence-electron chi connectivity index (χ3n) is 3.39. The van der Waals surface area contributed by atoms with Crippen LogP contribution in [0.4, 0.5) is 0 Å².